The van der Waals surface area contributed by atoms with Gasteiger partial charge in [0.2, 0.25) is 11.8 Å². The molecule has 2 aliphatic carbocycles. The van der Waals surface area contributed by atoms with Gasteiger partial charge < -0.3 is 5.11 Å². The second kappa shape index (κ2) is 4.00. The Balaban J connectivity index is 1.74. The summed E-state index contributed by atoms with van der Waals surface area (Å²) in [7, 11) is 0. The van der Waals surface area contributed by atoms with Crippen LogP contribution in [0.1, 0.15) is 16.8 Å². The third-order valence-corrected chi connectivity index (χ3v) is 4.70. The standard InChI is InChI=1S/C15H12N2O4/c18-13-11-7-1-2-8(3-7)12(11)14(19)17(13)10-4-9(15(20)21)5-16-6-10/h1-2,4-8,11-12H,3H2,(H,20,21). The lowest BCUT2D eigenvalue weighted by Crippen LogP contribution is -2.33. The van der Waals surface area contributed by atoms with Crippen molar-refractivity contribution in [2.45, 2.75) is 6.42 Å². The minimum atomic E-state index is -1.13. The van der Waals surface area contributed by atoms with Crippen molar-refractivity contribution in [2.75, 3.05) is 4.90 Å². The van der Waals surface area contributed by atoms with Crippen LogP contribution in [0.15, 0.2) is 30.6 Å². The molecule has 0 aromatic carbocycles. The molecule has 1 saturated heterocycles. The van der Waals surface area contributed by atoms with Crippen molar-refractivity contribution in [2.24, 2.45) is 23.7 Å². The fourth-order valence-electron chi connectivity index (χ4n) is 3.82. The van der Waals surface area contributed by atoms with Crippen molar-refractivity contribution >= 4 is 23.5 Å². The number of amides is 2. The summed E-state index contributed by atoms with van der Waals surface area (Å²) < 4.78 is 0. The van der Waals surface area contributed by atoms with E-state index in [0.717, 1.165) is 11.3 Å². The molecule has 1 aliphatic heterocycles. The monoisotopic (exact) mass is 284 g/mol. The first-order valence-electron chi connectivity index (χ1n) is 6.82. The summed E-state index contributed by atoms with van der Waals surface area (Å²) in [6.07, 6.45) is 7.47. The fraction of sp³-hybridized carbons (Fsp3) is 0.333. The van der Waals surface area contributed by atoms with Gasteiger partial charge in [-0.3, -0.25) is 14.6 Å². The summed E-state index contributed by atoms with van der Waals surface area (Å²) in [5, 5.41) is 9.00. The molecule has 2 amide bonds. The van der Waals surface area contributed by atoms with E-state index in [1.54, 1.807) is 0 Å². The number of anilines is 1. The van der Waals surface area contributed by atoms with E-state index in [0.29, 0.717) is 0 Å². The van der Waals surface area contributed by atoms with Crippen LogP contribution in [0.4, 0.5) is 5.69 Å². The molecule has 4 atom stereocenters. The minimum Gasteiger partial charge on any atom is -0.478 e. The second-order valence-electron chi connectivity index (χ2n) is 5.75. The zero-order valence-corrected chi connectivity index (χ0v) is 11.0. The molecule has 2 heterocycles. The molecular weight excluding hydrogens is 272 g/mol. The van der Waals surface area contributed by atoms with Gasteiger partial charge in [0.1, 0.15) is 0 Å². The van der Waals surface area contributed by atoms with Crippen molar-refractivity contribution in [3.8, 4) is 0 Å². The van der Waals surface area contributed by atoms with Gasteiger partial charge in [-0.25, -0.2) is 9.69 Å². The maximum Gasteiger partial charge on any atom is 0.337 e. The van der Waals surface area contributed by atoms with Gasteiger partial charge >= 0.3 is 5.97 Å². The third-order valence-electron chi connectivity index (χ3n) is 4.70. The second-order valence-corrected chi connectivity index (χ2v) is 5.75. The lowest BCUT2D eigenvalue weighted by atomic mass is 9.85. The highest BCUT2D eigenvalue weighted by Gasteiger charge is 2.59. The van der Waals surface area contributed by atoms with Gasteiger partial charge in [-0.15, -0.1) is 0 Å². The minimum absolute atomic E-state index is 0.0359. The number of hydrogen-bond acceptors (Lipinski definition) is 4. The van der Waals surface area contributed by atoms with Crippen molar-refractivity contribution in [1.29, 1.82) is 0 Å². The van der Waals surface area contributed by atoms with Crippen LogP contribution in [0, 0.1) is 23.7 Å². The quantitative estimate of drug-likeness (QED) is 0.649. The third kappa shape index (κ3) is 1.53. The normalized spacial score (nSPS) is 32.9. The molecule has 1 aromatic heterocycles. The first-order chi connectivity index (χ1) is 10.1. The number of rotatable bonds is 2. The van der Waals surface area contributed by atoms with Gasteiger partial charge in [0.25, 0.3) is 0 Å². The Bertz CT molecular complexity index is 681. The fourth-order valence-corrected chi connectivity index (χ4v) is 3.82. The average Bonchev–Trinajstić information content (AvgIpc) is 3.13. The van der Waals surface area contributed by atoms with Crippen LogP contribution in [-0.2, 0) is 9.59 Å². The zero-order chi connectivity index (χ0) is 14.7. The predicted octanol–water partition coefficient (Wildman–Crippen LogP) is 1.09. The summed E-state index contributed by atoms with van der Waals surface area (Å²) in [5.74, 6) is -1.90. The van der Waals surface area contributed by atoms with Gasteiger partial charge in [-0.2, -0.15) is 0 Å². The highest BCUT2D eigenvalue weighted by Crippen LogP contribution is 2.53. The SMILES string of the molecule is O=C(O)c1cncc(N2C(=O)C3C4C=CC(C4)C3C2=O)c1. The number of carbonyl (C=O) groups is 3. The van der Waals surface area contributed by atoms with Crippen LogP contribution in [-0.4, -0.2) is 27.9 Å². The van der Waals surface area contributed by atoms with Crippen LogP contribution < -0.4 is 4.90 Å². The highest BCUT2D eigenvalue weighted by atomic mass is 16.4. The maximum atomic E-state index is 12.6. The number of fused-ring (bicyclic) bond motifs is 5. The van der Waals surface area contributed by atoms with E-state index in [2.05, 4.69) is 4.98 Å². The van der Waals surface area contributed by atoms with Gasteiger partial charge in [0.15, 0.2) is 0 Å². The van der Waals surface area contributed by atoms with Crippen molar-refractivity contribution in [1.82, 2.24) is 4.98 Å². The summed E-state index contributed by atoms with van der Waals surface area (Å²) in [6, 6.07) is 1.32. The Morgan fingerprint density at radius 3 is 2.33 bits per heavy atom. The Kier molecular flexibility index (Phi) is 2.34. The summed E-state index contributed by atoms with van der Waals surface area (Å²) in [6.45, 7) is 0. The first-order valence-corrected chi connectivity index (χ1v) is 6.82. The van der Waals surface area contributed by atoms with E-state index in [9.17, 15) is 14.4 Å². The van der Waals surface area contributed by atoms with Crippen LogP contribution in [0.3, 0.4) is 0 Å². The van der Waals surface area contributed by atoms with Gasteiger partial charge in [0, 0.05) is 6.20 Å². The number of carbonyl (C=O) groups excluding carboxylic acids is 2. The number of pyridine rings is 1. The number of nitrogens with zero attached hydrogens (tertiary/aromatic N) is 2. The van der Waals surface area contributed by atoms with Crippen LogP contribution >= 0.6 is 0 Å². The van der Waals surface area contributed by atoms with E-state index in [1.165, 1.54) is 18.5 Å². The average molecular weight is 284 g/mol. The van der Waals surface area contributed by atoms with E-state index >= 15 is 0 Å². The smallest absolute Gasteiger partial charge is 0.337 e. The number of allylic oxidation sites excluding steroid dienone is 2. The Hall–Kier alpha value is -2.50. The maximum absolute atomic E-state index is 12.6. The van der Waals surface area contributed by atoms with E-state index in [1.807, 2.05) is 12.2 Å². The van der Waals surface area contributed by atoms with Crippen molar-refractivity contribution in [3.63, 3.8) is 0 Å². The van der Waals surface area contributed by atoms with E-state index in [4.69, 9.17) is 5.11 Å². The molecule has 0 radical (unpaired) electrons. The molecular formula is C15H12N2O4. The number of carboxylic acids is 1. The van der Waals surface area contributed by atoms with Crippen molar-refractivity contribution in [3.05, 3.63) is 36.2 Å². The summed E-state index contributed by atoms with van der Waals surface area (Å²) >= 11 is 0. The van der Waals surface area contributed by atoms with E-state index in [-0.39, 0.29) is 46.7 Å². The number of imide groups is 1. The number of aromatic carboxylic acids is 1. The summed E-state index contributed by atoms with van der Waals surface area (Å²) in [5.41, 5.74) is 0.213. The van der Waals surface area contributed by atoms with Gasteiger partial charge in [0.05, 0.1) is 29.3 Å². The van der Waals surface area contributed by atoms with Gasteiger partial charge in [-0.1, -0.05) is 12.2 Å². The number of carboxylic acid groups (broad SMARTS) is 1. The molecule has 6 nitrogen and oxygen atoms in total. The molecule has 0 spiro atoms. The number of aromatic nitrogens is 1. The largest absolute Gasteiger partial charge is 0.478 e. The molecule has 4 rings (SSSR count). The van der Waals surface area contributed by atoms with E-state index < -0.39 is 5.97 Å². The zero-order valence-electron chi connectivity index (χ0n) is 11.0. The summed E-state index contributed by atoms with van der Waals surface area (Å²) in [4.78, 5) is 41.1. The predicted molar refractivity (Wildman–Crippen MR) is 71.4 cm³/mol. The van der Waals surface area contributed by atoms with Crippen LogP contribution in [0.25, 0.3) is 0 Å². The molecule has 2 fully saturated rings. The lowest BCUT2D eigenvalue weighted by Gasteiger charge is -2.17. The van der Waals surface area contributed by atoms with Crippen molar-refractivity contribution < 1.29 is 19.5 Å². The molecule has 4 unspecified atom stereocenters. The molecule has 1 N–H and O–H groups in total. The Morgan fingerprint density at radius 1 is 1.14 bits per heavy atom. The van der Waals surface area contributed by atoms with Crippen LogP contribution in [0.5, 0.6) is 0 Å². The molecule has 1 aromatic rings. The molecule has 2 bridgehead atoms. The molecule has 3 aliphatic rings. The first kappa shape index (κ1) is 12.3. The molecule has 1 saturated carbocycles. The van der Waals surface area contributed by atoms with Gasteiger partial charge in [-0.05, 0) is 24.3 Å². The Labute approximate surface area is 120 Å². The lowest BCUT2D eigenvalue weighted by molar-refractivity contribution is -0.123. The topological polar surface area (TPSA) is 87.6 Å². The molecule has 106 valence electrons. The van der Waals surface area contributed by atoms with Crippen LogP contribution in [0.2, 0.25) is 0 Å². The molecule has 6 heteroatoms. The molecule has 21 heavy (non-hydrogen) atoms. The Morgan fingerprint density at radius 2 is 1.76 bits per heavy atom. The highest BCUT2D eigenvalue weighted by molar-refractivity contribution is 6.22. The number of hydrogen-bond donors (Lipinski definition) is 1.